The predicted molar refractivity (Wildman–Crippen MR) is 90.6 cm³/mol. The van der Waals surface area contributed by atoms with E-state index in [1.54, 1.807) is 6.20 Å². The number of ether oxygens (including phenoxy) is 1. The van der Waals surface area contributed by atoms with E-state index in [0.29, 0.717) is 4.48 Å². The molecule has 2 bridgehead atoms. The van der Waals surface area contributed by atoms with Crippen LogP contribution in [0.2, 0.25) is 0 Å². The highest BCUT2D eigenvalue weighted by Gasteiger charge is 2.45. The molecule has 0 aromatic heterocycles. The van der Waals surface area contributed by atoms with Crippen LogP contribution in [0.25, 0.3) is 4.85 Å². The minimum absolute atomic E-state index is 0.193. The summed E-state index contributed by atoms with van der Waals surface area (Å²) in [5, 5.41) is 7.06. The van der Waals surface area contributed by atoms with Crippen molar-refractivity contribution in [2.45, 2.75) is 64.1 Å². The lowest BCUT2D eigenvalue weighted by atomic mass is 9.92. The molecule has 1 N–H and O–H groups in total. The first-order valence-electron chi connectivity index (χ1n) is 7.63. The van der Waals surface area contributed by atoms with E-state index in [1.807, 2.05) is 25.7 Å². The molecule has 1 amide bonds. The average molecular weight is 369 g/mol. The minimum atomic E-state index is -0.454. The normalized spacial score (nSPS) is 27.9. The van der Waals surface area contributed by atoms with Crippen molar-refractivity contribution >= 4 is 28.2 Å². The predicted octanol–water partition coefficient (Wildman–Crippen LogP) is 4.38. The highest BCUT2D eigenvalue weighted by atomic mass is 79.9. The second kappa shape index (κ2) is 6.82. The van der Waals surface area contributed by atoms with E-state index in [1.165, 1.54) is 6.21 Å². The lowest BCUT2D eigenvalue weighted by Gasteiger charge is -2.37. The molecule has 5 nitrogen and oxygen atoms in total. The van der Waals surface area contributed by atoms with E-state index in [0.717, 1.165) is 25.7 Å². The number of carbonyl (C=O) groups excluding carboxylic acids is 1. The van der Waals surface area contributed by atoms with Crippen molar-refractivity contribution < 1.29 is 9.53 Å². The molecule has 0 aliphatic carbocycles. The number of allylic oxidation sites excluding steroid dienone is 1. The van der Waals surface area contributed by atoms with Crippen LogP contribution >= 0.6 is 15.9 Å². The maximum atomic E-state index is 12.3. The van der Waals surface area contributed by atoms with E-state index >= 15 is 0 Å². The molecule has 2 aliphatic heterocycles. The van der Waals surface area contributed by atoms with Crippen molar-refractivity contribution in [1.82, 2.24) is 4.90 Å². The number of fused-ring (bicyclic) bond motifs is 2. The highest BCUT2D eigenvalue weighted by molar-refractivity contribution is 9.12. The van der Waals surface area contributed by atoms with Gasteiger partial charge in [-0.05, 0) is 67.2 Å². The summed E-state index contributed by atoms with van der Waals surface area (Å²) in [6.07, 6.45) is 6.41. The third kappa shape index (κ3) is 4.33. The van der Waals surface area contributed by atoms with E-state index in [2.05, 4.69) is 26.8 Å². The van der Waals surface area contributed by atoms with E-state index in [-0.39, 0.29) is 24.1 Å². The monoisotopic (exact) mass is 368 g/mol. The van der Waals surface area contributed by atoms with Crippen LogP contribution in [0.4, 0.5) is 4.79 Å². The molecule has 2 aliphatic rings. The zero-order chi connectivity index (χ0) is 16.3. The maximum Gasteiger partial charge on any atom is 0.410 e. The number of amides is 1. The number of rotatable bonds is 1. The van der Waals surface area contributed by atoms with Gasteiger partial charge in [0.05, 0.1) is 5.92 Å². The molecule has 2 fully saturated rings. The molecule has 0 spiro atoms. The molecular formula is C16H23BrN3O2+. The average Bonchev–Trinajstić information content (AvgIpc) is 2.68. The summed E-state index contributed by atoms with van der Waals surface area (Å²) in [4.78, 5) is 18.4. The quantitative estimate of drug-likeness (QED) is 0.698. The van der Waals surface area contributed by atoms with Gasteiger partial charge < -0.3 is 15.0 Å². The van der Waals surface area contributed by atoms with Crippen molar-refractivity contribution in [3.8, 4) is 6.07 Å². The zero-order valence-electron chi connectivity index (χ0n) is 13.3. The first kappa shape index (κ1) is 17.0. The Hall–Kier alpha value is -1.35. The number of piperidine rings is 1. The van der Waals surface area contributed by atoms with Crippen molar-refractivity contribution in [1.29, 1.82) is 5.41 Å². The van der Waals surface area contributed by atoms with Crippen molar-refractivity contribution in [3.05, 3.63) is 15.5 Å². The maximum absolute atomic E-state index is 12.3. The molecule has 2 heterocycles. The fourth-order valence-electron chi connectivity index (χ4n) is 3.14. The Labute approximate surface area is 140 Å². The topological polar surface area (TPSA) is 57.8 Å². The summed E-state index contributed by atoms with van der Waals surface area (Å²) in [7, 11) is 0. The van der Waals surface area contributed by atoms with Gasteiger partial charge in [0.25, 0.3) is 6.07 Å². The van der Waals surface area contributed by atoms with Crippen LogP contribution in [0.3, 0.4) is 0 Å². The van der Waals surface area contributed by atoms with E-state index in [9.17, 15) is 4.79 Å². The first-order valence-corrected chi connectivity index (χ1v) is 8.42. The van der Waals surface area contributed by atoms with Crippen LogP contribution in [0.15, 0.2) is 10.7 Å². The number of halogens is 1. The Kier molecular flexibility index (Phi) is 5.28. The van der Waals surface area contributed by atoms with Crippen molar-refractivity contribution in [3.63, 3.8) is 0 Å². The van der Waals surface area contributed by atoms with Gasteiger partial charge in [-0.25, -0.2) is 4.79 Å². The zero-order valence-corrected chi connectivity index (χ0v) is 14.9. The molecule has 2 rings (SSSR count). The molecule has 3 atom stereocenters. The summed E-state index contributed by atoms with van der Waals surface area (Å²) in [5.74, 6) is 0.262. The third-order valence-corrected chi connectivity index (χ3v) is 4.35. The molecule has 0 aromatic rings. The molecule has 2 saturated heterocycles. The number of carbonyl (C=O) groups is 1. The number of hydrogen-bond donors (Lipinski definition) is 1. The van der Waals surface area contributed by atoms with Crippen LogP contribution in [0.1, 0.15) is 46.5 Å². The van der Waals surface area contributed by atoms with Crippen molar-refractivity contribution in [2.75, 3.05) is 0 Å². The lowest BCUT2D eigenvalue weighted by molar-refractivity contribution is 0.00490. The smallest absolute Gasteiger partial charge is 0.410 e. The molecular weight excluding hydrogens is 346 g/mol. The number of nitrogens with zero attached hydrogens (tertiary/aromatic N) is 2. The summed E-state index contributed by atoms with van der Waals surface area (Å²) in [6, 6.07) is 3.60. The fraction of sp³-hybridized carbons (Fsp3) is 0.688. The Morgan fingerprint density at radius 1 is 1.36 bits per heavy atom. The van der Waals surface area contributed by atoms with Crippen LogP contribution in [-0.4, -0.2) is 34.9 Å². The minimum Gasteiger partial charge on any atom is -0.444 e. The Balaban J connectivity index is 2.00. The van der Waals surface area contributed by atoms with Gasteiger partial charge >= 0.3 is 12.3 Å². The molecule has 6 heteroatoms. The number of hydrogen-bond acceptors (Lipinski definition) is 3. The van der Waals surface area contributed by atoms with Crippen LogP contribution in [-0.2, 0) is 4.74 Å². The summed E-state index contributed by atoms with van der Waals surface area (Å²) in [5.41, 5.74) is -0.454. The van der Waals surface area contributed by atoms with Gasteiger partial charge in [-0.15, -0.1) is 0 Å². The summed E-state index contributed by atoms with van der Waals surface area (Å²) in [6.45, 7) is 5.69. The second-order valence-corrected chi connectivity index (χ2v) is 7.77. The Morgan fingerprint density at radius 3 is 2.45 bits per heavy atom. The summed E-state index contributed by atoms with van der Waals surface area (Å²) >= 11 is 3.21. The molecule has 0 radical (unpaired) electrons. The van der Waals surface area contributed by atoms with Crippen LogP contribution in [0.5, 0.6) is 0 Å². The van der Waals surface area contributed by atoms with Gasteiger partial charge in [0.2, 0.25) is 0 Å². The van der Waals surface area contributed by atoms with Gasteiger partial charge in [-0.1, -0.05) is 0 Å². The molecule has 0 saturated carbocycles. The van der Waals surface area contributed by atoms with E-state index < -0.39 is 5.60 Å². The van der Waals surface area contributed by atoms with Gasteiger partial charge in [-0.2, -0.15) is 0 Å². The van der Waals surface area contributed by atoms with Gasteiger partial charge in [0, 0.05) is 18.3 Å². The lowest BCUT2D eigenvalue weighted by Crippen LogP contribution is -2.48. The van der Waals surface area contributed by atoms with Gasteiger partial charge in [0.15, 0.2) is 0 Å². The number of nitrogens with one attached hydrogen (secondary N) is 1. The molecule has 22 heavy (non-hydrogen) atoms. The highest BCUT2D eigenvalue weighted by Crippen LogP contribution is 2.39. The Morgan fingerprint density at radius 2 is 1.95 bits per heavy atom. The van der Waals surface area contributed by atoms with Crippen molar-refractivity contribution in [2.24, 2.45) is 5.92 Å². The molecule has 120 valence electrons. The van der Waals surface area contributed by atoms with Crippen LogP contribution < -0.4 is 0 Å². The fourth-order valence-corrected chi connectivity index (χ4v) is 3.24. The van der Waals surface area contributed by atoms with Crippen LogP contribution in [0, 0.1) is 17.4 Å². The second-order valence-electron chi connectivity index (χ2n) is 6.86. The Bertz CT molecular complexity index is 528. The standard InChI is InChI=1S/C16H23BrN3O2/c1-16(2,3)22-15(21)20-13-4-5-14(20)7-11(6-13)9-19-10-12(17)8-18/h8,10-11,13-14,18H,4-7H2,1-3H3/q+1/b12-10+,18-8?/t11?,13-,14+. The first-order chi connectivity index (χ1) is 10.3. The summed E-state index contributed by atoms with van der Waals surface area (Å²) < 4.78 is 6.14. The molecule has 1 unspecified atom stereocenters. The largest absolute Gasteiger partial charge is 0.444 e. The SMILES string of the molecule is CC(C)(C)OC(=O)N1[C@@H]2CC[C@H]1CC(C#[N+]/C=C(/Br)C=N)C2. The van der Waals surface area contributed by atoms with Gasteiger partial charge in [0.1, 0.15) is 10.1 Å². The van der Waals surface area contributed by atoms with Gasteiger partial charge in [-0.3, -0.25) is 0 Å². The molecule has 0 aromatic carbocycles. The van der Waals surface area contributed by atoms with E-state index in [4.69, 9.17) is 10.1 Å². The third-order valence-electron chi connectivity index (χ3n) is 3.92.